The molecular formula is C27H39N3O5S. The van der Waals surface area contributed by atoms with E-state index in [1.165, 1.54) is 11.4 Å². The van der Waals surface area contributed by atoms with Crippen LogP contribution in [-0.2, 0) is 26.2 Å². The molecule has 2 aromatic carbocycles. The summed E-state index contributed by atoms with van der Waals surface area (Å²) >= 11 is 0. The maximum Gasteiger partial charge on any atom is 0.242 e. The van der Waals surface area contributed by atoms with Crippen molar-refractivity contribution in [2.75, 3.05) is 30.8 Å². The number of ether oxygens (including phenoxy) is 1. The summed E-state index contributed by atoms with van der Waals surface area (Å²) in [4.78, 5) is 27.9. The van der Waals surface area contributed by atoms with Gasteiger partial charge in [0.25, 0.3) is 0 Å². The minimum atomic E-state index is -3.60. The Morgan fingerprint density at radius 1 is 1.06 bits per heavy atom. The molecule has 1 unspecified atom stereocenters. The second-order valence-electron chi connectivity index (χ2n) is 8.83. The third-order valence-corrected chi connectivity index (χ3v) is 7.09. The first kappa shape index (κ1) is 29.2. The van der Waals surface area contributed by atoms with E-state index in [4.69, 9.17) is 4.74 Å². The lowest BCUT2D eigenvalue weighted by atomic mass is 10.1. The van der Waals surface area contributed by atoms with Crippen LogP contribution in [-0.4, -0.2) is 57.6 Å². The van der Waals surface area contributed by atoms with Gasteiger partial charge in [0.1, 0.15) is 11.8 Å². The smallest absolute Gasteiger partial charge is 0.242 e. The van der Waals surface area contributed by atoms with Crippen molar-refractivity contribution < 1.29 is 22.7 Å². The van der Waals surface area contributed by atoms with E-state index >= 15 is 0 Å². The number of anilines is 1. The SMILES string of the molecule is CCCNC(=O)C(CC)N(Cc1ccc(C)cc1)C(=O)CCCN(c1ccccc1OC)S(C)(=O)=O. The van der Waals surface area contributed by atoms with Gasteiger partial charge in [-0.1, -0.05) is 55.8 Å². The zero-order chi connectivity index (χ0) is 26.7. The van der Waals surface area contributed by atoms with Crippen molar-refractivity contribution in [1.29, 1.82) is 0 Å². The molecule has 0 saturated heterocycles. The van der Waals surface area contributed by atoms with Gasteiger partial charge in [-0.2, -0.15) is 0 Å². The van der Waals surface area contributed by atoms with Crippen LogP contribution in [0.1, 0.15) is 50.7 Å². The third kappa shape index (κ3) is 8.26. The van der Waals surface area contributed by atoms with Gasteiger partial charge in [0.2, 0.25) is 21.8 Å². The molecule has 9 heteroatoms. The standard InChI is InChI=1S/C27H39N3O5S/c1-6-18-28-27(32)23(7-2)29(20-22-16-14-21(3)15-17-22)26(31)13-10-19-30(36(5,33)34)24-11-8-9-12-25(24)35-4/h8-9,11-12,14-17,23H,6-7,10,13,18-20H2,1-5H3,(H,28,32). The van der Waals surface area contributed by atoms with Crippen molar-refractivity contribution in [2.24, 2.45) is 0 Å². The van der Waals surface area contributed by atoms with Crippen LogP contribution in [0.2, 0.25) is 0 Å². The monoisotopic (exact) mass is 517 g/mol. The highest BCUT2D eigenvalue weighted by molar-refractivity contribution is 7.92. The molecule has 0 aliphatic carbocycles. The van der Waals surface area contributed by atoms with E-state index in [2.05, 4.69) is 5.32 Å². The maximum atomic E-state index is 13.4. The molecular weight excluding hydrogens is 478 g/mol. The topological polar surface area (TPSA) is 96.0 Å². The number of nitrogens with one attached hydrogen (secondary N) is 1. The van der Waals surface area contributed by atoms with Crippen LogP contribution in [0.3, 0.4) is 0 Å². The van der Waals surface area contributed by atoms with Crippen molar-refractivity contribution in [1.82, 2.24) is 10.2 Å². The lowest BCUT2D eigenvalue weighted by Gasteiger charge is -2.31. The van der Waals surface area contributed by atoms with E-state index in [1.54, 1.807) is 29.2 Å². The Balaban J connectivity index is 2.22. The Hall–Kier alpha value is -3.07. The highest BCUT2D eigenvalue weighted by atomic mass is 32.2. The molecule has 1 N–H and O–H groups in total. The van der Waals surface area contributed by atoms with Gasteiger partial charge in [-0.25, -0.2) is 8.42 Å². The fourth-order valence-corrected chi connectivity index (χ4v) is 4.96. The molecule has 198 valence electrons. The Morgan fingerprint density at radius 2 is 1.72 bits per heavy atom. The van der Waals surface area contributed by atoms with E-state index in [-0.39, 0.29) is 24.8 Å². The van der Waals surface area contributed by atoms with Gasteiger partial charge in [0.15, 0.2) is 0 Å². The number of benzene rings is 2. The molecule has 0 saturated carbocycles. The largest absolute Gasteiger partial charge is 0.495 e. The molecule has 0 aliphatic rings. The number of hydrogen-bond acceptors (Lipinski definition) is 5. The number of aryl methyl sites for hydroxylation is 1. The molecule has 36 heavy (non-hydrogen) atoms. The third-order valence-electron chi connectivity index (χ3n) is 5.91. The average molecular weight is 518 g/mol. The van der Waals surface area contributed by atoms with Crippen LogP contribution in [0, 0.1) is 6.92 Å². The molecule has 0 spiro atoms. The van der Waals surface area contributed by atoms with E-state index in [1.807, 2.05) is 45.0 Å². The summed E-state index contributed by atoms with van der Waals surface area (Å²) in [5, 5.41) is 2.91. The lowest BCUT2D eigenvalue weighted by Crippen LogP contribution is -2.49. The van der Waals surface area contributed by atoms with Crippen molar-refractivity contribution in [2.45, 2.75) is 59.0 Å². The molecule has 0 aromatic heterocycles. The minimum absolute atomic E-state index is 0.102. The summed E-state index contributed by atoms with van der Waals surface area (Å²) in [6.07, 6.45) is 2.81. The quantitative estimate of drug-likeness (QED) is 0.410. The number of rotatable bonds is 14. The molecule has 2 aromatic rings. The number of amides is 2. The Morgan fingerprint density at radius 3 is 2.31 bits per heavy atom. The number of carbonyl (C=O) groups excluding carboxylic acids is 2. The van der Waals surface area contributed by atoms with Gasteiger partial charge in [0, 0.05) is 26.1 Å². The summed E-state index contributed by atoms with van der Waals surface area (Å²) in [5.41, 5.74) is 2.47. The van der Waals surface area contributed by atoms with Crippen molar-refractivity contribution in [3.8, 4) is 5.75 Å². The van der Waals surface area contributed by atoms with Gasteiger partial charge >= 0.3 is 0 Å². The number of carbonyl (C=O) groups is 2. The fourth-order valence-electron chi connectivity index (χ4n) is 3.99. The summed E-state index contributed by atoms with van der Waals surface area (Å²) in [5.74, 6) is 0.0723. The molecule has 0 fully saturated rings. The normalized spacial score (nSPS) is 12.0. The van der Waals surface area contributed by atoms with E-state index in [0.717, 1.165) is 23.8 Å². The van der Waals surface area contributed by atoms with Crippen LogP contribution < -0.4 is 14.4 Å². The van der Waals surface area contributed by atoms with Gasteiger partial charge in [-0.15, -0.1) is 0 Å². The van der Waals surface area contributed by atoms with Crippen LogP contribution in [0.15, 0.2) is 48.5 Å². The Labute approximate surface area is 215 Å². The van der Waals surface area contributed by atoms with E-state index in [0.29, 0.717) is 37.4 Å². The molecule has 1 atom stereocenters. The van der Waals surface area contributed by atoms with Gasteiger partial charge in [-0.3, -0.25) is 13.9 Å². The molecule has 0 bridgehead atoms. The number of para-hydroxylation sites is 2. The molecule has 0 heterocycles. The number of sulfonamides is 1. The number of nitrogens with zero attached hydrogens (tertiary/aromatic N) is 2. The minimum Gasteiger partial charge on any atom is -0.495 e. The van der Waals surface area contributed by atoms with E-state index in [9.17, 15) is 18.0 Å². The van der Waals surface area contributed by atoms with Crippen LogP contribution in [0.4, 0.5) is 5.69 Å². The molecule has 2 amide bonds. The first-order chi connectivity index (χ1) is 17.1. The van der Waals surface area contributed by atoms with Gasteiger partial charge in [0.05, 0.1) is 19.1 Å². The van der Waals surface area contributed by atoms with Crippen molar-refractivity contribution in [3.63, 3.8) is 0 Å². The first-order valence-electron chi connectivity index (χ1n) is 12.4. The number of hydrogen-bond donors (Lipinski definition) is 1. The predicted octanol–water partition coefficient (Wildman–Crippen LogP) is 3.88. The van der Waals surface area contributed by atoms with E-state index < -0.39 is 16.1 Å². The highest BCUT2D eigenvalue weighted by Crippen LogP contribution is 2.29. The zero-order valence-corrected chi connectivity index (χ0v) is 22.8. The summed E-state index contributed by atoms with van der Waals surface area (Å²) < 4.78 is 31.7. The molecule has 2 rings (SSSR count). The molecule has 0 radical (unpaired) electrons. The fraction of sp³-hybridized carbons (Fsp3) is 0.481. The second kappa shape index (κ2) is 13.9. The van der Waals surface area contributed by atoms with Crippen molar-refractivity contribution >= 4 is 27.5 Å². The highest BCUT2D eigenvalue weighted by Gasteiger charge is 2.29. The number of methoxy groups -OCH3 is 1. The van der Waals surface area contributed by atoms with Crippen molar-refractivity contribution in [3.05, 3.63) is 59.7 Å². The summed E-state index contributed by atoms with van der Waals surface area (Å²) in [7, 11) is -2.12. The lowest BCUT2D eigenvalue weighted by molar-refractivity contribution is -0.141. The summed E-state index contributed by atoms with van der Waals surface area (Å²) in [6.45, 7) is 6.82. The maximum absolute atomic E-state index is 13.4. The molecule has 0 aliphatic heterocycles. The molecule has 8 nitrogen and oxygen atoms in total. The van der Waals surface area contributed by atoms with Gasteiger partial charge in [-0.05, 0) is 43.9 Å². The second-order valence-corrected chi connectivity index (χ2v) is 10.7. The zero-order valence-electron chi connectivity index (χ0n) is 22.0. The van der Waals surface area contributed by atoms with Crippen LogP contribution in [0.5, 0.6) is 5.75 Å². The Bertz CT molecular complexity index is 1100. The first-order valence-corrected chi connectivity index (χ1v) is 14.2. The van der Waals surface area contributed by atoms with Crippen LogP contribution in [0.25, 0.3) is 0 Å². The van der Waals surface area contributed by atoms with Gasteiger partial charge < -0.3 is 15.0 Å². The summed E-state index contributed by atoms with van der Waals surface area (Å²) in [6, 6.07) is 14.2. The predicted molar refractivity (Wildman–Crippen MR) is 144 cm³/mol. The Kier molecular flexibility index (Phi) is 11.2. The average Bonchev–Trinajstić information content (AvgIpc) is 2.85. The van der Waals surface area contributed by atoms with Crippen LogP contribution >= 0.6 is 0 Å².